The van der Waals surface area contributed by atoms with E-state index in [0.717, 1.165) is 6.07 Å². The highest BCUT2D eigenvalue weighted by Gasteiger charge is 2.42. The summed E-state index contributed by atoms with van der Waals surface area (Å²) in [6, 6.07) is 8.82. The second kappa shape index (κ2) is 6.08. The maximum atomic E-state index is 13.4. The first-order valence-corrected chi connectivity index (χ1v) is 7.05. The Bertz CT molecular complexity index is 954. The fourth-order valence-corrected chi connectivity index (χ4v) is 2.34. The molecular weight excluding hydrogens is 366 g/mol. The van der Waals surface area contributed by atoms with Gasteiger partial charge in [0.15, 0.2) is 0 Å². The van der Waals surface area contributed by atoms with E-state index in [4.69, 9.17) is 9.15 Å². The molecule has 0 aliphatic rings. The number of halogens is 6. The summed E-state index contributed by atoms with van der Waals surface area (Å²) in [6.07, 6.45) is -9.97. The van der Waals surface area contributed by atoms with Crippen molar-refractivity contribution in [2.24, 2.45) is 0 Å². The maximum absolute atomic E-state index is 13.4. The molecule has 0 spiro atoms. The van der Waals surface area contributed by atoms with Crippen LogP contribution in [0.4, 0.5) is 26.3 Å². The van der Waals surface area contributed by atoms with Crippen molar-refractivity contribution < 1.29 is 40.3 Å². The van der Waals surface area contributed by atoms with Crippen LogP contribution in [0.5, 0.6) is 5.75 Å². The molecule has 0 atom stereocenters. The number of hydrogen-bond donors (Lipinski definition) is 0. The highest BCUT2D eigenvalue weighted by atomic mass is 19.4. The second-order valence-electron chi connectivity index (χ2n) is 5.22. The van der Waals surface area contributed by atoms with Gasteiger partial charge >= 0.3 is 18.3 Å². The van der Waals surface area contributed by atoms with Crippen molar-refractivity contribution in [2.75, 3.05) is 0 Å². The minimum absolute atomic E-state index is 0.0398. The van der Waals surface area contributed by atoms with Crippen LogP contribution < -0.4 is 4.74 Å². The van der Waals surface area contributed by atoms with Crippen molar-refractivity contribution in [3.8, 4) is 5.75 Å². The zero-order chi connectivity index (χ0) is 19.1. The molecule has 1 heterocycles. The molecule has 26 heavy (non-hydrogen) atoms. The Morgan fingerprint density at radius 3 is 2.12 bits per heavy atom. The summed E-state index contributed by atoms with van der Waals surface area (Å²) in [5.41, 5.74) is -3.41. The van der Waals surface area contributed by atoms with Crippen LogP contribution in [0.1, 0.15) is 21.7 Å². The van der Waals surface area contributed by atoms with Crippen LogP contribution in [0.25, 0.3) is 11.0 Å². The van der Waals surface area contributed by atoms with Gasteiger partial charge in [-0.1, -0.05) is 18.2 Å². The number of carbonyl (C=O) groups is 1. The smallest absolute Gasteiger partial charge is 0.420 e. The predicted octanol–water partition coefficient (Wildman–Crippen LogP) is 5.69. The van der Waals surface area contributed by atoms with Crippen molar-refractivity contribution >= 4 is 16.9 Å². The van der Waals surface area contributed by atoms with Gasteiger partial charge in [-0.3, -0.25) is 0 Å². The Morgan fingerprint density at radius 1 is 0.885 bits per heavy atom. The minimum Gasteiger partial charge on any atom is -0.448 e. The topological polar surface area (TPSA) is 39.4 Å². The number of esters is 1. The number of benzene rings is 2. The molecule has 1 aromatic heterocycles. The highest BCUT2D eigenvalue weighted by molar-refractivity contribution is 5.97. The number of fused-ring (bicyclic) bond motifs is 1. The van der Waals surface area contributed by atoms with Gasteiger partial charge < -0.3 is 9.15 Å². The van der Waals surface area contributed by atoms with Crippen molar-refractivity contribution in [3.63, 3.8) is 0 Å². The molecular formula is C17H8F6O3. The third kappa shape index (κ3) is 3.37. The van der Waals surface area contributed by atoms with Crippen LogP contribution in [0.3, 0.4) is 0 Å². The molecule has 0 amide bonds. The molecule has 3 rings (SSSR count). The van der Waals surface area contributed by atoms with Gasteiger partial charge in [-0.15, -0.1) is 0 Å². The van der Waals surface area contributed by atoms with Gasteiger partial charge in [-0.25, -0.2) is 4.79 Å². The summed E-state index contributed by atoms with van der Waals surface area (Å²) in [4.78, 5) is 12.1. The summed E-state index contributed by atoms with van der Waals surface area (Å²) in [5.74, 6) is -2.72. The molecule has 0 saturated heterocycles. The van der Waals surface area contributed by atoms with Crippen LogP contribution in [0.15, 0.2) is 52.9 Å². The molecule has 0 fully saturated rings. The van der Waals surface area contributed by atoms with E-state index in [9.17, 15) is 31.1 Å². The lowest BCUT2D eigenvalue weighted by Crippen LogP contribution is -2.15. The van der Waals surface area contributed by atoms with E-state index in [-0.39, 0.29) is 5.75 Å². The van der Waals surface area contributed by atoms with E-state index in [2.05, 4.69) is 0 Å². The Balaban J connectivity index is 2.14. The van der Waals surface area contributed by atoms with Gasteiger partial charge in [-0.05, 0) is 30.3 Å². The van der Waals surface area contributed by atoms with E-state index in [1.54, 1.807) is 6.07 Å². The fourth-order valence-electron chi connectivity index (χ4n) is 2.34. The third-order valence-electron chi connectivity index (χ3n) is 3.44. The standard InChI is InChI=1S/C17H8F6O3/c18-16(19,20)9-6-7-12-11(8-9)13(17(21,22)23)14(26-12)15(24)25-10-4-2-1-3-5-10/h1-8H. The number of alkyl halides is 6. The average molecular weight is 374 g/mol. The molecule has 3 aromatic rings. The zero-order valence-electron chi connectivity index (χ0n) is 12.6. The van der Waals surface area contributed by atoms with Gasteiger partial charge in [-0.2, -0.15) is 26.3 Å². The van der Waals surface area contributed by atoms with Crippen LogP contribution in [-0.2, 0) is 12.4 Å². The number of furan rings is 1. The first-order chi connectivity index (χ1) is 12.1. The normalized spacial score (nSPS) is 12.4. The van der Waals surface area contributed by atoms with Crippen LogP contribution in [0.2, 0.25) is 0 Å². The lowest BCUT2D eigenvalue weighted by Gasteiger charge is -2.09. The van der Waals surface area contributed by atoms with E-state index in [0.29, 0.717) is 12.1 Å². The molecule has 0 aliphatic carbocycles. The number of rotatable bonds is 2. The van der Waals surface area contributed by atoms with Gasteiger partial charge in [0.1, 0.15) is 16.9 Å². The Hall–Kier alpha value is -2.97. The van der Waals surface area contributed by atoms with Crippen LogP contribution in [-0.4, -0.2) is 5.97 Å². The zero-order valence-corrected chi connectivity index (χ0v) is 12.6. The molecule has 0 N–H and O–H groups in total. The quantitative estimate of drug-likeness (QED) is 0.329. The van der Waals surface area contributed by atoms with E-state index >= 15 is 0 Å². The lowest BCUT2D eigenvalue weighted by molar-refractivity contribution is -0.139. The minimum atomic E-state index is -5.12. The highest BCUT2D eigenvalue weighted by Crippen LogP contribution is 2.42. The Morgan fingerprint density at radius 2 is 1.54 bits per heavy atom. The van der Waals surface area contributed by atoms with Gasteiger partial charge in [0, 0.05) is 5.39 Å². The molecule has 0 bridgehead atoms. The largest absolute Gasteiger partial charge is 0.448 e. The molecule has 2 aromatic carbocycles. The Kier molecular flexibility index (Phi) is 4.17. The first kappa shape index (κ1) is 17.8. The molecule has 0 saturated carbocycles. The molecule has 0 radical (unpaired) electrons. The molecule has 0 aliphatic heterocycles. The summed E-state index contributed by atoms with van der Waals surface area (Å²) in [7, 11) is 0. The predicted molar refractivity (Wildman–Crippen MR) is 77.6 cm³/mol. The van der Waals surface area contributed by atoms with E-state index in [1.165, 1.54) is 24.3 Å². The molecule has 136 valence electrons. The Labute approximate surface area is 141 Å². The molecule has 0 unspecified atom stereocenters. The average Bonchev–Trinajstić information content (AvgIpc) is 2.94. The van der Waals surface area contributed by atoms with Crippen molar-refractivity contribution in [2.45, 2.75) is 12.4 Å². The fraction of sp³-hybridized carbons (Fsp3) is 0.118. The van der Waals surface area contributed by atoms with E-state index in [1.807, 2.05) is 0 Å². The van der Waals surface area contributed by atoms with Crippen molar-refractivity contribution in [1.29, 1.82) is 0 Å². The lowest BCUT2D eigenvalue weighted by atomic mass is 10.1. The van der Waals surface area contributed by atoms with E-state index < -0.39 is 46.2 Å². The molecule has 3 nitrogen and oxygen atoms in total. The van der Waals surface area contributed by atoms with Crippen molar-refractivity contribution in [1.82, 2.24) is 0 Å². The SMILES string of the molecule is O=C(Oc1ccccc1)c1oc2ccc(C(F)(F)F)cc2c1C(F)(F)F. The third-order valence-corrected chi connectivity index (χ3v) is 3.44. The summed E-state index contributed by atoms with van der Waals surface area (Å²) in [6.45, 7) is 0. The number of hydrogen-bond acceptors (Lipinski definition) is 3. The van der Waals surface area contributed by atoms with Gasteiger partial charge in [0.05, 0.1) is 5.56 Å². The van der Waals surface area contributed by atoms with Crippen molar-refractivity contribution in [3.05, 3.63) is 65.4 Å². The summed E-state index contributed by atoms with van der Waals surface area (Å²) >= 11 is 0. The summed E-state index contributed by atoms with van der Waals surface area (Å²) < 4.78 is 88.2. The van der Waals surface area contributed by atoms with Crippen LogP contribution >= 0.6 is 0 Å². The van der Waals surface area contributed by atoms with Crippen LogP contribution in [0, 0.1) is 0 Å². The first-order valence-electron chi connectivity index (χ1n) is 7.05. The summed E-state index contributed by atoms with van der Waals surface area (Å²) in [5, 5.41) is -0.868. The second-order valence-corrected chi connectivity index (χ2v) is 5.22. The van der Waals surface area contributed by atoms with Gasteiger partial charge in [0.2, 0.25) is 5.76 Å². The molecule has 9 heteroatoms. The maximum Gasteiger partial charge on any atom is 0.420 e. The number of para-hydroxylation sites is 1. The number of carbonyl (C=O) groups excluding carboxylic acids is 1. The number of ether oxygens (including phenoxy) is 1. The van der Waals surface area contributed by atoms with Gasteiger partial charge in [0.25, 0.3) is 0 Å². The monoisotopic (exact) mass is 374 g/mol.